The molecule has 0 amide bonds. The summed E-state index contributed by atoms with van der Waals surface area (Å²) in [6, 6.07) is -0.139. The predicted octanol–water partition coefficient (Wildman–Crippen LogP) is -1.05. The summed E-state index contributed by atoms with van der Waals surface area (Å²) in [5, 5.41) is 19.8. The van der Waals surface area contributed by atoms with Gasteiger partial charge in [0.25, 0.3) is 0 Å². The van der Waals surface area contributed by atoms with Crippen LogP contribution in [0.15, 0.2) is 0 Å². The van der Waals surface area contributed by atoms with Crippen molar-refractivity contribution < 1.29 is 10.2 Å². The first-order chi connectivity index (χ1) is 3.85. The van der Waals surface area contributed by atoms with Crippen molar-refractivity contribution in [1.82, 2.24) is 5.32 Å². The van der Waals surface area contributed by atoms with Gasteiger partial charge in [-0.05, 0) is 6.54 Å². The predicted molar refractivity (Wildman–Crippen MR) is 31.6 cm³/mol. The molecule has 3 heteroatoms. The highest BCUT2D eigenvalue weighted by molar-refractivity contribution is 4.60. The largest absolute Gasteiger partial charge is 0.395 e. The zero-order chi connectivity index (χ0) is 6.41. The number of rotatable bonds is 4. The number of aliphatic hydroxyl groups is 2. The first-order valence-electron chi connectivity index (χ1n) is 2.80. The molecule has 50 valence electrons. The van der Waals surface area contributed by atoms with Crippen molar-refractivity contribution in [2.75, 3.05) is 19.8 Å². The standard InChI is InChI=1S/C5H13NO2/c1-2-6-5(3-7)4-8/h5-8H,2-4H2,1H3. The molecule has 0 aromatic rings. The van der Waals surface area contributed by atoms with E-state index in [1.165, 1.54) is 0 Å². The van der Waals surface area contributed by atoms with Gasteiger partial charge in [0.2, 0.25) is 0 Å². The molecule has 0 spiro atoms. The van der Waals surface area contributed by atoms with Gasteiger partial charge in [0.05, 0.1) is 19.3 Å². The second-order valence-corrected chi connectivity index (χ2v) is 1.62. The molecule has 0 unspecified atom stereocenters. The van der Waals surface area contributed by atoms with Gasteiger partial charge in [-0.25, -0.2) is 0 Å². The van der Waals surface area contributed by atoms with Gasteiger partial charge in [0.15, 0.2) is 0 Å². The molecule has 0 aliphatic carbocycles. The molecule has 0 saturated carbocycles. The Bertz CT molecular complexity index is 45.7. The molecule has 0 aliphatic rings. The Morgan fingerprint density at radius 1 is 1.38 bits per heavy atom. The average Bonchev–Trinajstić information content (AvgIpc) is 1.83. The second-order valence-electron chi connectivity index (χ2n) is 1.62. The Kier molecular flexibility index (Phi) is 4.95. The highest BCUT2D eigenvalue weighted by atomic mass is 16.3. The van der Waals surface area contributed by atoms with Crippen molar-refractivity contribution in [2.45, 2.75) is 13.0 Å². The monoisotopic (exact) mass is 119 g/mol. The minimum absolute atomic E-state index is 0.00431. The Balaban J connectivity index is 3.07. The first-order valence-corrected chi connectivity index (χ1v) is 2.80. The van der Waals surface area contributed by atoms with E-state index in [1.54, 1.807) is 0 Å². The average molecular weight is 119 g/mol. The molecule has 0 bridgehead atoms. The van der Waals surface area contributed by atoms with Crippen LogP contribution in [-0.4, -0.2) is 36.0 Å². The van der Waals surface area contributed by atoms with E-state index in [1.807, 2.05) is 6.92 Å². The van der Waals surface area contributed by atoms with Crippen LogP contribution in [0, 0.1) is 0 Å². The maximum Gasteiger partial charge on any atom is 0.0607 e. The lowest BCUT2D eigenvalue weighted by Crippen LogP contribution is -2.35. The highest BCUT2D eigenvalue weighted by Crippen LogP contribution is 1.75. The third kappa shape index (κ3) is 2.96. The normalized spacial score (nSPS) is 10.5. The SMILES string of the molecule is CCNC(CO)CO. The number of hydrogen-bond acceptors (Lipinski definition) is 3. The summed E-state index contributed by atoms with van der Waals surface area (Å²) in [7, 11) is 0. The summed E-state index contributed by atoms with van der Waals surface area (Å²) in [6.45, 7) is 2.72. The maximum absolute atomic E-state index is 8.43. The lowest BCUT2D eigenvalue weighted by molar-refractivity contribution is 0.172. The Labute approximate surface area is 49.3 Å². The molecule has 0 fully saturated rings. The van der Waals surface area contributed by atoms with E-state index in [0.29, 0.717) is 0 Å². The van der Waals surface area contributed by atoms with Crippen LogP contribution in [0.3, 0.4) is 0 Å². The number of likely N-dealkylation sites (N-methyl/N-ethyl adjacent to an activating group) is 1. The van der Waals surface area contributed by atoms with E-state index >= 15 is 0 Å². The minimum Gasteiger partial charge on any atom is -0.395 e. The van der Waals surface area contributed by atoms with Crippen molar-refractivity contribution in [3.63, 3.8) is 0 Å². The van der Waals surface area contributed by atoms with Gasteiger partial charge in [-0.2, -0.15) is 0 Å². The van der Waals surface area contributed by atoms with Crippen LogP contribution in [-0.2, 0) is 0 Å². The van der Waals surface area contributed by atoms with Gasteiger partial charge in [-0.3, -0.25) is 0 Å². The molecule has 3 N–H and O–H groups in total. The van der Waals surface area contributed by atoms with Crippen molar-refractivity contribution in [1.29, 1.82) is 0 Å². The second kappa shape index (κ2) is 5.03. The minimum atomic E-state index is -0.139. The number of nitrogens with one attached hydrogen (secondary N) is 1. The van der Waals surface area contributed by atoms with Crippen LogP contribution < -0.4 is 5.32 Å². The quantitative estimate of drug-likeness (QED) is 0.442. The number of aliphatic hydroxyl groups excluding tert-OH is 2. The van der Waals surface area contributed by atoms with E-state index < -0.39 is 0 Å². The van der Waals surface area contributed by atoms with E-state index in [4.69, 9.17) is 10.2 Å². The van der Waals surface area contributed by atoms with Gasteiger partial charge >= 0.3 is 0 Å². The summed E-state index contributed by atoms with van der Waals surface area (Å²) in [5.74, 6) is 0. The van der Waals surface area contributed by atoms with Crippen molar-refractivity contribution >= 4 is 0 Å². The molecule has 0 aliphatic heterocycles. The van der Waals surface area contributed by atoms with Crippen LogP contribution in [0.1, 0.15) is 6.92 Å². The number of hydrogen-bond donors (Lipinski definition) is 3. The molecule has 0 aromatic heterocycles. The Hall–Kier alpha value is -0.120. The molecule has 3 nitrogen and oxygen atoms in total. The van der Waals surface area contributed by atoms with E-state index in [2.05, 4.69) is 5.32 Å². The van der Waals surface area contributed by atoms with Gasteiger partial charge in [0, 0.05) is 0 Å². The molecular formula is C5H13NO2. The summed E-state index contributed by atoms with van der Waals surface area (Å²) in [4.78, 5) is 0. The van der Waals surface area contributed by atoms with Gasteiger partial charge in [-0.1, -0.05) is 6.92 Å². The fraction of sp³-hybridized carbons (Fsp3) is 1.00. The lowest BCUT2D eigenvalue weighted by atomic mass is 10.3. The third-order valence-electron chi connectivity index (χ3n) is 0.934. The summed E-state index contributed by atoms with van der Waals surface area (Å²) in [6.07, 6.45) is 0. The molecule has 0 rings (SSSR count). The van der Waals surface area contributed by atoms with E-state index in [0.717, 1.165) is 6.54 Å². The van der Waals surface area contributed by atoms with Crippen LogP contribution in [0.5, 0.6) is 0 Å². The third-order valence-corrected chi connectivity index (χ3v) is 0.934. The highest BCUT2D eigenvalue weighted by Gasteiger charge is 1.99. The fourth-order valence-electron chi connectivity index (χ4n) is 0.476. The molecule has 0 saturated heterocycles. The van der Waals surface area contributed by atoms with Crippen LogP contribution in [0.2, 0.25) is 0 Å². The Morgan fingerprint density at radius 2 is 1.88 bits per heavy atom. The molecule has 8 heavy (non-hydrogen) atoms. The fourth-order valence-corrected chi connectivity index (χ4v) is 0.476. The lowest BCUT2D eigenvalue weighted by Gasteiger charge is -2.09. The summed E-state index contributed by atoms with van der Waals surface area (Å²) < 4.78 is 0. The van der Waals surface area contributed by atoms with Crippen molar-refractivity contribution in [3.8, 4) is 0 Å². The smallest absolute Gasteiger partial charge is 0.0607 e. The molecular weight excluding hydrogens is 106 g/mol. The van der Waals surface area contributed by atoms with Crippen molar-refractivity contribution in [2.24, 2.45) is 0 Å². The topological polar surface area (TPSA) is 52.5 Å². The summed E-state index contributed by atoms with van der Waals surface area (Å²) >= 11 is 0. The maximum atomic E-state index is 8.43. The molecule has 0 atom stereocenters. The first kappa shape index (κ1) is 7.88. The van der Waals surface area contributed by atoms with Gasteiger partial charge in [0.1, 0.15) is 0 Å². The zero-order valence-corrected chi connectivity index (χ0v) is 5.09. The van der Waals surface area contributed by atoms with E-state index in [-0.39, 0.29) is 19.3 Å². The van der Waals surface area contributed by atoms with Crippen LogP contribution in [0.25, 0.3) is 0 Å². The molecule has 0 heterocycles. The van der Waals surface area contributed by atoms with Crippen molar-refractivity contribution in [3.05, 3.63) is 0 Å². The Morgan fingerprint density at radius 3 is 2.00 bits per heavy atom. The van der Waals surface area contributed by atoms with Crippen LogP contribution >= 0.6 is 0 Å². The van der Waals surface area contributed by atoms with Crippen LogP contribution in [0.4, 0.5) is 0 Å². The zero-order valence-electron chi connectivity index (χ0n) is 5.09. The molecule has 0 radical (unpaired) electrons. The van der Waals surface area contributed by atoms with Gasteiger partial charge in [-0.15, -0.1) is 0 Å². The molecule has 0 aromatic carbocycles. The van der Waals surface area contributed by atoms with Gasteiger partial charge < -0.3 is 15.5 Å². The summed E-state index contributed by atoms with van der Waals surface area (Å²) in [5.41, 5.74) is 0. The van der Waals surface area contributed by atoms with E-state index in [9.17, 15) is 0 Å².